The molecule has 5 aromatic carbocycles. The molecule has 6 aromatic rings. The van der Waals surface area contributed by atoms with Crippen molar-refractivity contribution in [1.29, 1.82) is 0 Å². The van der Waals surface area contributed by atoms with Gasteiger partial charge in [-0.1, -0.05) is 84.9 Å². The number of rotatable bonds is 3. The van der Waals surface area contributed by atoms with E-state index in [0.29, 0.717) is 17.5 Å². The third-order valence-corrected chi connectivity index (χ3v) is 7.98. The summed E-state index contributed by atoms with van der Waals surface area (Å²) < 4.78 is 0. The Labute approximate surface area is 256 Å². The molecule has 3 heterocycles. The number of benzene rings is 5. The highest BCUT2D eigenvalue weighted by Crippen LogP contribution is 2.50. The molecule has 2 N–H and O–H groups in total. The summed E-state index contributed by atoms with van der Waals surface area (Å²) in [6.07, 6.45) is 3.28. The molecule has 8 nitrogen and oxygen atoms in total. The molecule has 8 rings (SSSR count). The zero-order valence-corrected chi connectivity index (χ0v) is 23.9. The average molecular weight is 591 g/mol. The number of para-hydroxylation sites is 2. The van der Waals surface area contributed by atoms with Crippen molar-refractivity contribution in [1.82, 2.24) is 20.6 Å². The van der Waals surface area contributed by atoms with E-state index in [-0.39, 0.29) is 10.7 Å². The smallest absolute Gasteiger partial charge is 0.263 e. The molecule has 0 atom stereocenters. The van der Waals surface area contributed by atoms with Crippen LogP contribution in [0.25, 0.3) is 32.6 Å². The van der Waals surface area contributed by atoms with Gasteiger partial charge in [-0.25, -0.2) is 9.97 Å². The molecular formula is C35H22N6O2S. The van der Waals surface area contributed by atoms with Gasteiger partial charge in [0.05, 0.1) is 22.4 Å². The van der Waals surface area contributed by atoms with E-state index in [2.05, 4.69) is 47.0 Å². The molecule has 9 heteroatoms. The Balaban J connectivity index is 1.46. The minimum Gasteiger partial charge on any atom is -0.299 e. The highest BCUT2D eigenvalue weighted by atomic mass is 32.1. The molecule has 1 saturated heterocycles. The summed E-state index contributed by atoms with van der Waals surface area (Å²) in [5.41, 5.74) is 3.17. The number of nitrogens with zero attached hydrogens (tertiary/aromatic N) is 4. The summed E-state index contributed by atoms with van der Waals surface area (Å²) in [4.78, 5) is 40.1. The second kappa shape index (κ2) is 10.1. The topological polar surface area (TPSA) is 90.5 Å². The third kappa shape index (κ3) is 4.10. The molecule has 0 radical (unpaired) electrons. The van der Waals surface area contributed by atoms with Crippen LogP contribution in [0, 0.1) is 0 Å². The first-order valence-electron chi connectivity index (χ1n) is 14.0. The van der Waals surface area contributed by atoms with E-state index >= 15 is 0 Å². The van der Waals surface area contributed by atoms with Crippen LogP contribution < -0.4 is 20.4 Å². The predicted molar refractivity (Wildman–Crippen MR) is 177 cm³/mol. The van der Waals surface area contributed by atoms with Gasteiger partial charge in [-0.2, -0.15) is 0 Å². The van der Waals surface area contributed by atoms with Crippen LogP contribution in [0.3, 0.4) is 0 Å². The lowest BCUT2D eigenvalue weighted by Crippen LogP contribution is -2.51. The zero-order chi connectivity index (χ0) is 29.8. The van der Waals surface area contributed by atoms with Gasteiger partial charge in [-0.05, 0) is 59.4 Å². The number of allylic oxidation sites excluding steroid dienone is 2. The monoisotopic (exact) mass is 590 g/mol. The first-order valence-corrected chi connectivity index (χ1v) is 14.4. The molecular weight excluding hydrogens is 568 g/mol. The van der Waals surface area contributed by atoms with E-state index in [4.69, 9.17) is 22.2 Å². The van der Waals surface area contributed by atoms with Crippen LogP contribution in [0.15, 0.2) is 133 Å². The molecule has 0 unspecified atom stereocenters. The number of carbonyl (C=O) groups excluding carboxylic acids is 2. The van der Waals surface area contributed by atoms with Gasteiger partial charge in [-0.3, -0.25) is 30.0 Å². The van der Waals surface area contributed by atoms with Crippen molar-refractivity contribution in [3.8, 4) is 0 Å². The van der Waals surface area contributed by atoms with E-state index in [0.717, 1.165) is 44.0 Å². The van der Waals surface area contributed by atoms with Crippen molar-refractivity contribution in [2.24, 2.45) is 0 Å². The van der Waals surface area contributed by atoms with Crippen molar-refractivity contribution in [3.63, 3.8) is 0 Å². The number of carbonyl (C=O) groups is 2. The van der Waals surface area contributed by atoms with Crippen molar-refractivity contribution in [2.75, 3.05) is 9.80 Å². The minimum absolute atomic E-state index is 0.0204. The Bertz CT molecular complexity index is 2120. The summed E-state index contributed by atoms with van der Waals surface area (Å²) in [5.74, 6) is 0.750. The summed E-state index contributed by atoms with van der Waals surface area (Å²) in [6.45, 7) is 0. The molecule has 1 aromatic heterocycles. The Morgan fingerprint density at radius 1 is 0.568 bits per heavy atom. The maximum absolute atomic E-state index is 12.8. The lowest BCUT2D eigenvalue weighted by Gasteiger charge is -2.26. The predicted octanol–water partition coefficient (Wildman–Crippen LogP) is 6.52. The molecule has 2 aliphatic rings. The average Bonchev–Trinajstić information content (AvgIpc) is 3.34. The molecule has 2 amide bonds. The number of hydrogen-bond acceptors (Lipinski definition) is 7. The standard InChI is InChI=1S/C35H22N6O2S/c42-33-25(34(43)39-35(44)38-33)19-20-30-40(28-17-7-11-21-9-1-3-13-23(21)28)31-32(37-27-16-6-5-15-26(27)36-31)41(30)29-18-8-12-22-10-2-4-14-24(22)29/h1-20H,(H2,38,39,42,43,44). The highest BCUT2D eigenvalue weighted by molar-refractivity contribution is 7.80. The second-order valence-electron chi connectivity index (χ2n) is 10.4. The summed E-state index contributed by atoms with van der Waals surface area (Å²) in [5, 5.41) is 9.15. The maximum atomic E-state index is 12.8. The van der Waals surface area contributed by atoms with Crippen LogP contribution in [0.2, 0.25) is 0 Å². The van der Waals surface area contributed by atoms with Crippen molar-refractivity contribution >= 4 is 84.7 Å². The normalized spacial score (nSPS) is 14.7. The van der Waals surface area contributed by atoms with Gasteiger partial charge in [-0.15, -0.1) is 0 Å². The zero-order valence-electron chi connectivity index (χ0n) is 23.1. The first kappa shape index (κ1) is 25.8. The van der Waals surface area contributed by atoms with Crippen LogP contribution in [-0.4, -0.2) is 26.9 Å². The molecule has 0 bridgehead atoms. The van der Waals surface area contributed by atoms with Crippen LogP contribution in [0.5, 0.6) is 0 Å². The molecule has 44 heavy (non-hydrogen) atoms. The van der Waals surface area contributed by atoms with Gasteiger partial charge in [0.1, 0.15) is 11.4 Å². The van der Waals surface area contributed by atoms with Crippen LogP contribution in [0.1, 0.15) is 0 Å². The van der Waals surface area contributed by atoms with Gasteiger partial charge in [0.25, 0.3) is 11.8 Å². The quantitative estimate of drug-likeness (QED) is 0.138. The maximum Gasteiger partial charge on any atom is 0.263 e. The molecule has 1 fully saturated rings. The minimum atomic E-state index is -0.568. The van der Waals surface area contributed by atoms with Gasteiger partial charge in [0.15, 0.2) is 16.7 Å². The fourth-order valence-electron chi connectivity index (χ4n) is 5.81. The SMILES string of the molecule is O=C1NC(=S)NC(=O)C1=CC=C1N(c2cccc3ccccc23)c2nc3ccccc3nc2N1c1cccc2ccccc12. The summed E-state index contributed by atoms with van der Waals surface area (Å²) in [6, 6.07) is 36.3. The summed E-state index contributed by atoms with van der Waals surface area (Å²) >= 11 is 5.01. The van der Waals surface area contributed by atoms with Gasteiger partial charge in [0, 0.05) is 10.8 Å². The van der Waals surface area contributed by atoms with Crippen molar-refractivity contribution in [2.45, 2.75) is 0 Å². The highest BCUT2D eigenvalue weighted by Gasteiger charge is 2.38. The molecule has 2 aliphatic heterocycles. The number of nitrogens with one attached hydrogen (secondary N) is 2. The van der Waals surface area contributed by atoms with Gasteiger partial charge in [0.2, 0.25) is 0 Å². The van der Waals surface area contributed by atoms with Crippen molar-refractivity contribution in [3.05, 3.63) is 133 Å². The number of thiocarbonyl (C=S) groups is 1. The van der Waals surface area contributed by atoms with Crippen molar-refractivity contribution < 1.29 is 9.59 Å². The van der Waals surface area contributed by atoms with E-state index < -0.39 is 11.8 Å². The Morgan fingerprint density at radius 3 is 1.55 bits per heavy atom. The lowest BCUT2D eigenvalue weighted by molar-refractivity contribution is -0.123. The lowest BCUT2D eigenvalue weighted by atomic mass is 10.1. The van der Waals surface area contributed by atoms with Crippen LogP contribution >= 0.6 is 12.2 Å². The third-order valence-electron chi connectivity index (χ3n) is 7.77. The van der Waals surface area contributed by atoms with Gasteiger partial charge < -0.3 is 0 Å². The second-order valence-corrected chi connectivity index (χ2v) is 10.8. The van der Waals surface area contributed by atoms with Gasteiger partial charge >= 0.3 is 0 Å². The van der Waals surface area contributed by atoms with Crippen LogP contribution in [0.4, 0.5) is 23.0 Å². The Kier molecular flexibility index (Phi) is 5.92. The number of fused-ring (bicyclic) bond motifs is 4. The largest absolute Gasteiger partial charge is 0.299 e. The first-order chi connectivity index (χ1) is 21.6. The van der Waals surface area contributed by atoms with E-state index in [1.807, 2.05) is 82.6 Å². The van der Waals surface area contributed by atoms with E-state index in [1.165, 1.54) is 6.08 Å². The van der Waals surface area contributed by atoms with Crippen LogP contribution in [-0.2, 0) is 9.59 Å². The molecule has 0 saturated carbocycles. The molecule has 210 valence electrons. The summed E-state index contributed by atoms with van der Waals surface area (Å²) in [7, 11) is 0. The Hall–Kier alpha value is -5.93. The molecule has 0 spiro atoms. The number of hydrogen-bond donors (Lipinski definition) is 2. The fourth-order valence-corrected chi connectivity index (χ4v) is 6.00. The van der Waals surface area contributed by atoms with E-state index in [9.17, 15) is 9.59 Å². The number of aromatic nitrogens is 2. The fraction of sp³-hybridized carbons (Fsp3) is 0. The van der Waals surface area contributed by atoms with E-state index in [1.54, 1.807) is 6.08 Å². The molecule has 0 aliphatic carbocycles. The Morgan fingerprint density at radius 2 is 1.02 bits per heavy atom. The number of anilines is 4. The number of amides is 2.